The molecule has 0 bridgehead atoms. The van der Waals surface area contributed by atoms with E-state index in [9.17, 15) is 4.79 Å². The fourth-order valence-corrected chi connectivity index (χ4v) is 1.52. The second-order valence-electron chi connectivity index (χ2n) is 3.32. The van der Waals surface area contributed by atoms with Gasteiger partial charge in [-0.15, -0.1) is 0 Å². The van der Waals surface area contributed by atoms with Crippen LogP contribution in [0.1, 0.15) is 17.1 Å². The first kappa shape index (κ1) is 8.87. The second kappa shape index (κ2) is 3.21. The topological polar surface area (TPSA) is 47.3 Å². The number of fused-ring (bicyclic) bond motifs is 1. The van der Waals surface area contributed by atoms with E-state index in [0.717, 1.165) is 29.0 Å². The Morgan fingerprint density at radius 1 is 1.43 bits per heavy atom. The highest BCUT2D eigenvalue weighted by atomic mass is 16.1. The molecule has 0 unspecified atom stereocenters. The van der Waals surface area contributed by atoms with Crippen LogP contribution in [-0.2, 0) is 11.2 Å². The monoisotopic (exact) mass is 189 g/mol. The molecule has 0 radical (unpaired) electrons. The van der Waals surface area contributed by atoms with Crippen LogP contribution >= 0.6 is 0 Å². The van der Waals surface area contributed by atoms with Gasteiger partial charge in [0.05, 0.1) is 5.69 Å². The van der Waals surface area contributed by atoms with Crippen LogP contribution in [0.3, 0.4) is 0 Å². The summed E-state index contributed by atoms with van der Waals surface area (Å²) in [5.74, 6) is 0. The number of carbonyl (C=O) groups is 1. The molecule has 0 saturated carbocycles. The molecule has 72 valence electrons. The highest BCUT2D eigenvalue weighted by Gasteiger charge is 2.04. The number of carbonyl (C=O) groups excluding carboxylic acids is 1. The molecule has 0 amide bonds. The summed E-state index contributed by atoms with van der Waals surface area (Å²) in [7, 11) is 0. The van der Waals surface area contributed by atoms with Gasteiger partial charge in [0.2, 0.25) is 0 Å². The molecule has 0 aliphatic carbocycles. The normalized spacial score (nSPS) is 10.7. The minimum atomic E-state index is 0.349. The summed E-state index contributed by atoms with van der Waals surface area (Å²) in [5, 5.41) is 4.27. The lowest BCUT2D eigenvalue weighted by Gasteiger charge is -1.98. The molecule has 0 aromatic carbocycles. The van der Waals surface area contributed by atoms with E-state index in [2.05, 4.69) is 10.1 Å². The first-order valence-electron chi connectivity index (χ1n) is 4.47. The first-order chi connectivity index (χ1) is 6.70. The quantitative estimate of drug-likeness (QED) is 0.664. The molecule has 4 nitrogen and oxygen atoms in total. The summed E-state index contributed by atoms with van der Waals surface area (Å²) in [6, 6.07) is 3.80. The number of rotatable bonds is 2. The largest absolute Gasteiger partial charge is 0.303 e. The predicted octanol–water partition coefficient (Wildman–Crippen LogP) is 1.09. The van der Waals surface area contributed by atoms with Gasteiger partial charge >= 0.3 is 0 Å². The van der Waals surface area contributed by atoms with E-state index in [-0.39, 0.29) is 0 Å². The van der Waals surface area contributed by atoms with Crippen LogP contribution in [0.5, 0.6) is 0 Å². The molecule has 0 fully saturated rings. The Bertz CT molecular complexity index is 487. The SMILES string of the molecule is Cc1cc(C)n2nc(CC=O)cc2n1. The van der Waals surface area contributed by atoms with Crippen molar-refractivity contribution >= 4 is 11.9 Å². The van der Waals surface area contributed by atoms with Crippen LogP contribution in [0.25, 0.3) is 5.65 Å². The fraction of sp³-hybridized carbons (Fsp3) is 0.300. The minimum Gasteiger partial charge on any atom is -0.303 e. The minimum absolute atomic E-state index is 0.349. The van der Waals surface area contributed by atoms with E-state index in [4.69, 9.17) is 0 Å². The van der Waals surface area contributed by atoms with Crippen molar-refractivity contribution in [2.75, 3.05) is 0 Å². The molecule has 0 aliphatic heterocycles. The van der Waals surface area contributed by atoms with E-state index in [1.165, 1.54) is 0 Å². The van der Waals surface area contributed by atoms with Gasteiger partial charge < -0.3 is 4.79 Å². The van der Waals surface area contributed by atoms with Crippen LogP contribution in [0.4, 0.5) is 0 Å². The Hall–Kier alpha value is -1.71. The predicted molar refractivity (Wildman–Crippen MR) is 52.2 cm³/mol. The van der Waals surface area contributed by atoms with E-state index in [1.807, 2.05) is 26.0 Å². The maximum Gasteiger partial charge on any atom is 0.155 e. The molecule has 2 aromatic rings. The third kappa shape index (κ3) is 1.39. The molecule has 2 aromatic heterocycles. The van der Waals surface area contributed by atoms with Gasteiger partial charge in [-0.2, -0.15) is 5.10 Å². The van der Waals surface area contributed by atoms with Gasteiger partial charge in [0.15, 0.2) is 5.65 Å². The summed E-state index contributed by atoms with van der Waals surface area (Å²) >= 11 is 0. The number of aryl methyl sites for hydroxylation is 2. The summed E-state index contributed by atoms with van der Waals surface area (Å²) < 4.78 is 1.76. The Kier molecular flexibility index (Phi) is 2.04. The number of aromatic nitrogens is 3. The zero-order valence-electron chi connectivity index (χ0n) is 8.19. The molecule has 2 rings (SSSR count). The molecule has 0 atom stereocenters. The zero-order chi connectivity index (χ0) is 10.1. The van der Waals surface area contributed by atoms with Gasteiger partial charge in [0.1, 0.15) is 6.29 Å². The summed E-state index contributed by atoms with van der Waals surface area (Å²) in [6.07, 6.45) is 1.20. The Morgan fingerprint density at radius 2 is 2.21 bits per heavy atom. The van der Waals surface area contributed by atoms with Crippen molar-refractivity contribution in [3.05, 3.63) is 29.2 Å². The maximum absolute atomic E-state index is 10.3. The second-order valence-corrected chi connectivity index (χ2v) is 3.32. The Morgan fingerprint density at radius 3 is 2.93 bits per heavy atom. The lowest BCUT2D eigenvalue weighted by Crippen LogP contribution is -1.97. The van der Waals surface area contributed by atoms with Gasteiger partial charge in [0.25, 0.3) is 0 Å². The van der Waals surface area contributed by atoms with E-state index in [1.54, 1.807) is 4.52 Å². The molecule has 2 heterocycles. The van der Waals surface area contributed by atoms with Crippen LogP contribution in [0.15, 0.2) is 12.1 Å². The van der Waals surface area contributed by atoms with Crippen molar-refractivity contribution in [2.24, 2.45) is 0 Å². The average Bonchev–Trinajstić information content (AvgIpc) is 2.48. The van der Waals surface area contributed by atoms with Gasteiger partial charge in [-0.05, 0) is 19.9 Å². The van der Waals surface area contributed by atoms with Crippen molar-refractivity contribution in [2.45, 2.75) is 20.3 Å². The van der Waals surface area contributed by atoms with Crippen molar-refractivity contribution in [1.82, 2.24) is 14.6 Å². The van der Waals surface area contributed by atoms with Crippen LogP contribution < -0.4 is 0 Å². The molecule has 14 heavy (non-hydrogen) atoms. The standard InChI is InChI=1S/C10H11N3O/c1-7-5-8(2)13-10(11-7)6-9(12-13)3-4-14/h4-6H,3H2,1-2H3. The van der Waals surface area contributed by atoms with Crippen molar-refractivity contribution in [1.29, 1.82) is 0 Å². The number of aldehydes is 1. The Labute approximate surface area is 81.6 Å². The van der Waals surface area contributed by atoms with Gasteiger partial charge in [-0.1, -0.05) is 0 Å². The Balaban J connectivity index is 2.64. The molecule has 0 saturated heterocycles. The smallest absolute Gasteiger partial charge is 0.155 e. The maximum atomic E-state index is 10.3. The fourth-order valence-electron chi connectivity index (χ4n) is 1.52. The highest BCUT2D eigenvalue weighted by Crippen LogP contribution is 2.08. The first-order valence-corrected chi connectivity index (χ1v) is 4.47. The van der Waals surface area contributed by atoms with E-state index < -0.39 is 0 Å². The van der Waals surface area contributed by atoms with Crippen molar-refractivity contribution in [3.8, 4) is 0 Å². The van der Waals surface area contributed by atoms with Gasteiger partial charge in [-0.25, -0.2) is 9.50 Å². The van der Waals surface area contributed by atoms with Gasteiger partial charge in [0, 0.05) is 23.9 Å². The highest BCUT2D eigenvalue weighted by molar-refractivity contribution is 5.55. The average molecular weight is 189 g/mol. The molecular formula is C10H11N3O. The molecular weight excluding hydrogens is 178 g/mol. The van der Waals surface area contributed by atoms with E-state index >= 15 is 0 Å². The zero-order valence-corrected chi connectivity index (χ0v) is 8.19. The van der Waals surface area contributed by atoms with Crippen LogP contribution in [0.2, 0.25) is 0 Å². The van der Waals surface area contributed by atoms with Crippen LogP contribution in [0, 0.1) is 13.8 Å². The molecule has 0 N–H and O–H groups in total. The molecule has 4 heteroatoms. The lowest BCUT2D eigenvalue weighted by molar-refractivity contribution is -0.107. The van der Waals surface area contributed by atoms with Crippen LogP contribution in [-0.4, -0.2) is 20.9 Å². The van der Waals surface area contributed by atoms with Crippen molar-refractivity contribution in [3.63, 3.8) is 0 Å². The molecule has 0 aliphatic rings. The number of nitrogens with zero attached hydrogens (tertiary/aromatic N) is 3. The van der Waals surface area contributed by atoms with Gasteiger partial charge in [-0.3, -0.25) is 0 Å². The summed E-state index contributed by atoms with van der Waals surface area (Å²) in [4.78, 5) is 14.7. The van der Waals surface area contributed by atoms with Crippen molar-refractivity contribution < 1.29 is 4.79 Å². The number of hydrogen-bond acceptors (Lipinski definition) is 3. The number of hydrogen-bond donors (Lipinski definition) is 0. The third-order valence-corrected chi connectivity index (χ3v) is 2.08. The van der Waals surface area contributed by atoms with E-state index in [0.29, 0.717) is 6.42 Å². The summed E-state index contributed by atoms with van der Waals surface area (Å²) in [5.41, 5.74) is 3.57. The lowest BCUT2D eigenvalue weighted by atomic mass is 10.3. The third-order valence-electron chi connectivity index (χ3n) is 2.08. The summed E-state index contributed by atoms with van der Waals surface area (Å²) in [6.45, 7) is 3.92. The molecule has 0 spiro atoms.